The summed E-state index contributed by atoms with van der Waals surface area (Å²) in [6.45, 7) is 1.93. The molecule has 1 aliphatic rings. The number of methoxy groups -OCH3 is 2. The molecule has 0 spiro atoms. The Morgan fingerprint density at radius 1 is 1.15 bits per heavy atom. The molecule has 12 heteroatoms. The van der Waals surface area contributed by atoms with Crippen molar-refractivity contribution in [2.45, 2.75) is 36.7 Å². The zero-order valence-corrected chi connectivity index (χ0v) is 20.0. The smallest absolute Gasteiger partial charge is 0.240 e. The van der Waals surface area contributed by atoms with Crippen molar-refractivity contribution in [3.63, 3.8) is 0 Å². The molecule has 0 radical (unpaired) electrons. The van der Waals surface area contributed by atoms with Gasteiger partial charge in [-0.25, -0.2) is 18.4 Å². The number of anilines is 1. The molecule has 0 bridgehead atoms. The van der Waals surface area contributed by atoms with Crippen molar-refractivity contribution >= 4 is 27.6 Å². The highest BCUT2D eigenvalue weighted by Crippen LogP contribution is 2.47. The van der Waals surface area contributed by atoms with Crippen LogP contribution in [0.5, 0.6) is 0 Å². The average molecular weight is 493 g/mol. The number of sulfonamides is 1. The van der Waals surface area contributed by atoms with Crippen molar-refractivity contribution in [1.82, 2.24) is 24.7 Å². The number of nitrogens with one attached hydrogen (secondary N) is 1. The van der Waals surface area contributed by atoms with Crippen LogP contribution in [-0.4, -0.2) is 59.2 Å². The summed E-state index contributed by atoms with van der Waals surface area (Å²) in [5, 5.41) is 7.82. The summed E-state index contributed by atoms with van der Waals surface area (Å²) in [6, 6.07) is 9.50. The van der Waals surface area contributed by atoms with Crippen LogP contribution in [0.25, 0.3) is 11.4 Å². The highest BCUT2D eigenvalue weighted by molar-refractivity contribution is 7.93. The summed E-state index contributed by atoms with van der Waals surface area (Å²) >= 11 is 5.86. The SMILES string of the molecule is COCC1(n2c(NS(=O)(=O)[C@@H](C)[C@H](OC)c3ncc(Cl)cn3)nnc2-c2ccccc2)CC1. The van der Waals surface area contributed by atoms with E-state index >= 15 is 0 Å². The summed E-state index contributed by atoms with van der Waals surface area (Å²) in [7, 11) is -0.950. The second-order valence-electron chi connectivity index (χ2n) is 7.97. The van der Waals surface area contributed by atoms with Crippen LogP contribution in [0, 0.1) is 0 Å². The predicted molar refractivity (Wildman–Crippen MR) is 123 cm³/mol. The number of aromatic nitrogens is 5. The maximum atomic E-state index is 13.4. The monoisotopic (exact) mass is 492 g/mol. The maximum absolute atomic E-state index is 13.4. The largest absolute Gasteiger partial charge is 0.382 e. The van der Waals surface area contributed by atoms with Crippen LogP contribution in [0.15, 0.2) is 42.7 Å². The fraction of sp³-hybridized carbons (Fsp3) is 0.429. The van der Waals surface area contributed by atoms with Crippen molar-refractivity contribution in [2.75, 3.05) is 25.5 Å². The number of benzene rings is 1. The lowest BCUT2D eigenvalue weighted by Crippen LogP contribution is -2.35. The van der Waals surface area contributed by atoms with Crippen LogP contribution in [-0.2, 0) is 25.0 Å². The Bertz CT molecular complexity index is 1200. The first-order valence-electron chi connectivity index (χ1n) is 10.3. The second-order valence-corrected chi connectivity index (χ2v) is 10.4. The first-order chi connectivity index (χ1) is 15.8. The van der Waals surface area contributed by atoms with Crippen LogP contribution >= 0.6 is 11.6 Å². The Balaban J connectivity index is 1.69. The minimum absolute atomic E-state index is 0.127. The minimum atomic E-state index is -3.97. The van der Waals surface area contributed by atoms with Gasteiger partial charge < -0.3 is 9.47 Å². The fourth-order valence-corrected chi connectivity index (χ4v) is 5.01. The molecule has 3 aromatic rings. The van der Waals surface area contributed by atoms with E-state index in [9.17, 15) is 8.42 Å². The number of hydrogen-bond donors (Lipinski definition) is 1. The van der Waals surface area contributed by atoms with Crippen molar-refractivity contribution in [1.29, 1.82) is 0 Å². The van der Waals surface area contributed by atoms with Crippen molar-refractivity contribution in [3.8, 4) is 11.4 Å². The molecule has 0 aliphatic heterocycles. The van der Waals surface area contributed by atoms with Crippen LogP contribution in [0.1, 0.15) is 31.7 Å². The van der Waals surface area contributed by atoms with Gasteiger partial charge in [0.15, 0.2) is 11.6 Å². The highest BCUT2D eigenvalue weighted by Gasteiger charge is 2.48. The van der Waals surface area contributed by atoms with Gasteiger partial charge in [0.25, 0.3) is 0 Å². The number of hydrogen-bond acceptors (Lipinski definition) is 8. The van der Waals surface area contributed by atoms with Gasteiger partial charge in [-0.05, 0) is 19.8 Å². The molecule has 33 heavy (non-hydrogen) atoms. The van der Waals surface area contributed by atoms with E-state index in [0.717, 1.165) is 18.4 Å². The summed E-state index contributed by atoms with van der Waals surface area (Å²) in [5.41, 5.74) is 0.417. The third kappa shape index (κ3) is 4.72. The molecule has 1 aromatic carbocycles. The van der Waals surface area contributed by atoms with Gasteiger partial charge in [-0.2, -0.15) is 0 Å². The third-order valence-corrected chi connectivity index (χ3v) is 7.60. The number of rotatable bonds is 10. The van der Waals surface area contributed by atoms with Gasteiger partial charge in [0.1, 0.15) is 11.4 Å². The molecule has 1 N–H and O–H groups in total. The predicted octanol–water partition coefficient (Wildman–Crippen LogP) is 3.04. The molecule has 176 valence electrons. The van der Waals surface area contributed by atoms with Crippen LogP contribution in [0.4, 0.5) is 5.95 Å². The lowest BCUT2D eigenvalue weighted by molar-refractivity contribution is 0.0950. The normalized spacial score (nSPS) is 16.8. The van der Waals surface area contributed by atoms with E-state index in [1.165, 1.54) is 26.4 Å². The van der Waals surface area contributed by atoms with Gasteiger partial charge in [0.2, 0.25) is 16.0 Å². The summed E-state index contributed by atoms with van der Waals surface area (Å²) in [5.74, 6) is 0.909. The quantitative estimate of drug-likeness (QED) is 0.458. The van der Waals surface area contributed by atoms with E-state index in [1.54, 1.807) is 7.11 Å². The Morgan fingerprint density at radius 2 is 1.82 bits per heavy atom. The first-order valence-corrected chi connectivity index (χ1v) is 12.3. The van der Waals surface area contributed by atoms with E-state index in [4.69, 9.17) is 21.1 Å². The number of halogens is 1. The van der Waals surface area contributed by atoms with Crippen LogP contribution < -0.4 is 4.72 Å². The van der Waals surface area contributed by atoms with E-state index in [2.05, 4.69) is 24.9 Å². The lowest BCUT2D eigenvalue weighted by Gasteiger charge is -2.24. The molecule has 2 atom stereocenters. The third-order valence-electron chi connectivity index (χ3n) is 5.71. The molecular formula is C21H25ClN6O4S. The van der Waals surface area contributed by atoms with E-state index in [0.29, 0.717) is 17.5 Å². The molecule has 10 nitrogen and oxygen atoms in total. The Kier molecular flexibility index (Phi) is 6.66. The molecule has 0 unspecified atom stereocenters. The zero-order chi connectivity index (χ0) is 23.6. The molecule has 0 amide bonds. The molecule has 1 aliphatic carbocycles. The van der Waals surface area contributed by atoms with Crippen LogP contribution in [0.3, 0.4) is 0 Å². The highest BCUT2D eigenvalue weighted by atomic mass is 35.5. The minimum Gasteiger partial charge on any atom is -0.382 e. The van der Waals surface area contributed by atoms with E-state index < -0.39 is 26.9 Å². The fourth-order valence-electron chi connectivity index (χ4n) is 3.78. The van der Waals surface area contributed by atoms with E-state index in [-0.39, 0.29) is 11.8 Å². The topological polar surface area (TPSA) is 121 Å². The molecule has 2 heterocycles. The van der Waals surface area contributed by atoms with Crippen LogP contribution in [0.2, 0.25) is 5.02 Å². The zero-order valence-electron chi connectivity index (χ0n) is 18.5. The summed E-state index contributed by atoms with van der Waals surface area (Å²) in [6.07, 6.45) is 3.52. The number of ether oxygens (including phenoxy) is 2. The van der Waals surface area contributed by atoms with Crippen molar-refractivity contribution < 1.29 is 17.9 Å². The molecular weight excluding hydrogens is 468 g/mol. The summed E-state index contributed by atoms with van der Waals surface area (Å²) < 4.78 is 42.0. The van der Waals surface area contributed by atoms with Gasteiger partial charge in [0, 0.05) is 32.2 Å². The Labute approximate surface area is 197 Å². The number of nitrogens with zero attached hydrogens (tertiary/aromatic N) is 5. The molecule has 1 fully saturated rings. The van der Waals surface area contributed by atoms with Crippen molar-refractivity contribution in [3.05, 3.63) is 53.6 Å². The van der Waals surface area contributed by atoms with Gasteiger partial charge in [0.05, 0.1) is 17.2 Å². The van der Waals surface area contributed by atoms with E-state index in [1.807, 2.05) is 34.9 Å². The molecule has 2 aromatic heterocycles. The standard InChI is InChI=1S/C21H25ClN6O4S/c1-14(17(32-3)18-23-11-16(22)12-24-18)33(29,30)27-20-26-25-19(15-7-5-4-6-8-15)28(20)21(9-10-21)13-31-2/h4-8,11-12,14,17H,9-10,13H2,1-3H3,(H,26,27)/t14-,17-/m0/s1. The average Bonchev–Trinajstić information content (AvgIpc) is 3.46. The van der Waals surface area contributed by atoms with Gasteiger partial charge >= 0.3 is 0 Å². The Morgan fingerprint density at radius 3 is 2.39 bits per heavy atom. The molecule has 0 saturated heterocycles. The first kappa shape index (κ1) is 23.6. The maximum Gasteiger partial charge on any atom is 0.240 e. The van der Waals surface area contributed by atoms with Gasteiger partial charge in [-0.15, -0.1) is 10.2 Å². The van der Waals surface area contributed by atoms with Crippen molar-refractivity contribution in [2.24, 2.45) is 0 Å². The second kappa shape index (κ2) is 9.34. The van der Waals surface area contributed by atoms with Gasteiger partial charge in [-0.3, -0.25) is 9.29 Å². The summed E-state index contributed by atoms with van der Waals surface area (Å²) in [4.78, 5) is 8.23. The molecule has 1 saturated carbocycles. The molecule has 4 rings (SSSR count). The Hall–Kier alpha value is -2.60. The lowest BCUT2D eigenvalue weighted by atomic mass is 10.2. The van der Waals surface area contributed by atoms with Gasteiger partial charge in [-0.1, -0.05) is 41.9 Å².